The van der Waals surface area contributed by atoms with Crippen LogP contribution in [0, 0.1) is 12.3 Å². The first-order chi connectivity index (χ1) is 9.66. The fourth-order valence-corrected chi connectivity index (χ4v) is 2.03. The summed E-state index contributed by atoms with van der Waals surface area (Å²) in [6, 6.07) is 16.0. The summed E-state index contributed by atoms with van der Waals surface area (Å²) >= 11 is 0. The third kappa shape index (κ3) is 3.85. The number of nitrogens with one attached hydrogen (secondary N) is 1. The zero-order valence-corrected chi connectivity index (χ0v) is 11.7. The smallest absolute Gasteiger partial charge is 0.122 e. The molecule has 0 aromatic heterocycles. The zero-order valence-electron chi connectivity index (χ0n) is 11.7. The summed E-state index contributed by atoms with van der Waals surface area (Å²) in [7, 11) is 0. The lowest BCUT2D eigenvalue weighted by molar-refractivity contribution is 0.309. The Morgan fingerprint density at radius 2 is 1.90 bits per heavy atom. The molecule has 104 valence electrons. The summed E-state index contributed by atoms with van der Waals surface area (Å²) in [6.07, 6.45) is 1.97. The van der Waals surface area contributed by atoms with Crippen LogP contribution in [-0.2, 0) is 6.42 Å². The van der Waals surface area contributed by atoms with E-state index in [9.17, 15) is 0 Å². The summed E-state index contributed by atoms with van der Waals surface area (Å²) in [4.78, 5) is 0. The van der Waals surface area contributed by atoms with Gasteiger partial charge in [0.1, 0.15) is 11.6 Å². The maximum absolute atomic E-state index is 7.45. The number of aryl methyl sites for hydroxylation is 2. The number of rotatable bonds is 6. The van der Waals surface area contributed by atoms with Gasteiger partial charge in [-0.05, 0) is 37.0 Å². The second-order valence-corrected chi connectivity index (χ2v) is 4.83. The van der Waals surface area contributed by atoms with Crippen molar-refractivity contribution >= 4 is 5.84 Å². The SMILES string of the molecule is Cc1ccc(C(=N)N)cc1OCCCc1ccccc1. The van der Waals surface area contributed by atoms with E-state index in [1.54, 1.807) is 0 Å². The van der Waals surface area contributed by atoms with E-state index in [2.05, 4.69) is 24.3 Å². The molecular formula is C17H20N2O. The molecule has 0 amide bonds. The molecule has 0 aliphatic carbocycles. The monoisotopic (exact) mass is 268 g/mol. The Labute approximate surface area is 119 Å². The highest BCUT2D eigenvalue weighted by atomic mass is 16.5. The summed E-state index contributed by atoms with van der Waals surface area (Å²) in [5.41, 5.74) is 8.58. The molecule has 0 saturated heterocycles. The van der Waals surface area contributed by atoms with E-state index in [0.29, 0.717) is 12.2 Å². The van der Waals surface area contributed by atoms with Crippen molar-refractivity contribution in [2.45, 2.75) is 19.8 Å². The molecule has 0 aliphatic rings. The van der Waals surface area contributed by atoms with Crippen LogP contribution in [-0.4, -0.2) is 12.4 Å². The van der Waals surface area contributed by atoms with Crippen LogP contribution in [0.1, 0.15) is 23.1 Å². The fourth-order valence-electron chi connectivity index (χ4n) is 2.03. The molecule has 2 aromatic carbocycles. The quantitative estimate of drug-likeness (QED) is 0.480. The van der Waals surface area contributed by atoms with Crippen molar-refractivity contribution in [2.24, 2.45) is 5.73 Å². The molecule has 3 nitrogen and oxygen atoms in total. The van der Waals surface area contributed by atoms with Gasteiger partial charge in [0.05, 0.1) is 6.61 Å². The predicted molar refractivity (Wildman–Crippen MR) is 82.5 cm³/mol. The van der Waals surface area contributed by atoms with Gasteiger partial charge >= 0.3 is 0 Å². The standard InChI is InChI=1S/C17H20N2O/c1-13-9-10-15(17(18)19)12-16(13)20-11-5-8-14-6-3-2-4-7-14/h2-4,6-7,9-10,12H,5,8,11H2,1H3,(H3,18,19). The summed E-state index contributed by atoms with van der Waals surface area (Å²) in [5, 5.41) is 7.45. The maximum atomic E-state index is 7.45. The molecule has 0 spiro atoms. The largest absolute Gasteiger partial charge is 0.493 e. The Bertz CT molecular complexity index is 579. The highest BCUT2D eigenvalue weighted by Gasteiger charge is 2.03. The van der Waals surface area contributed by atoms with Gasteiger partial charge in [-0.2, -0.15) is 0 Å². The van der Waals surface area contributed by atoms with Crippen LogP contribution in [0.25, 0.3) is 0 Å². The van der Waals surface area contributed by atoms with Crippen LogP contribution >= 0.6 is 0 Å². The van der Waals surface area contributed by atoms with Crippen LogP contribution in [0.5, 0.6) is 5.75 Å². The first kappa shape index (κ1) is 14.1. The van der Waals surface area contributed by atoms with E-state index < -0.39 is 0 Å². The molecule has 3 heteroatoms. The molecule has 20 heavy (non-hydrogen) atoms. The number of amidine groups is 1. The topological polar surface area (TPSA) is 59.1 Å². The normalized spacial score (nSPS) is 10.2. The average Bonchev–Trinajstić information content (AvgIpc) is 2.46. The fraction of sp³-hybridized carbons (Fsp3) is 0.235. The van der Waals surface area contributed by atoms with Gasteiger partial charge in [-0.1, -0.05) is 42.5 Å². The molecule has 0 aliphatic heterocycles. The maximum Gasteiger partial charge on any atom is 0.122 e. The lowest BCUT2D eigenvalue weighted by Gasteiger charge is -2.10. The molecule has 0 bridgehead atoms. The van der Waals surface area contributed by atoms with Crippen LogP contribution < -0.4 is 10.5 Å². The summed E-state index contributed by atoms with van der Waals surface area (Å²) in [6.45, 7) is 2.66. The highest BCUT2D eigenvalue weighted by Crippen LogP contribution is 2.19. The van der Waals surface area contributed by atoms with E-state index in [0.717, 1.165) is 24.2 Å². The van der Waals surface area contributed by atoms with Crippen LogP contribution in [0.3, 0.4) is 0 Å². The minimum Gasteiger partial charge on any atom is -0.493 e. The van der Waals surface area contributed by atoms with Gasteiger partial charge in [0.15, 0.2) is 0 Å². The van der Waals surface area contributed by atoms with Gasteiger partial charge in [-0.25, -0.2) is 0 Å². The van der Waals surface area contributed by atoms with Crippen molar-refractivity contribution in [2.75, 3.05) is 6.61 Å². The summed E-state index contributed by atoms with van der Waals surface area (Å²) < 4.78 is 5.80. The lowest BCUT2D eigenvalue weighted by atomic mass is 10.1. The first-order valence-electron chi connectivity index (χ1n) is 6.78. The van der Waals surface area contributed by atoms with Crippen molar-refractivity contribution in [1.82, 2.24) is 0 Å². The number of hydrogen-bond donors (Lipinski definition) is 2. The molecular weight excluding hydrogens is 248 g/mol. The van der Waals surface area contributed by atoms with Crippen LogP contribution in [0.4, 0.5) is 0 Å². The average molecular weight is 268 g/mol. The first-order valence-corrected chi connectivity index (χ1v) is 6.78. The second-order valence-electron chi connectivity index (χ2n) is 4.83. The molecule has 0 radical (unpaired) electrons. The van der Waals surface area contributed by atoms with Crippen molar-refractivity contribution in [3.8, 4) is 5.75 Å². The minimum atomic E-state index is 0.0686. The molecule has 0 fully saturated rings. The second kappa shape index (κ2) is 6.75. The van der Waals surface area contributed by atoms with Gasteiger partial charge in [0.25, 0.3) is 0 Å². The Kier molecular flexibility index (Phi) is 4.77. The molecule has 3 N–H and O–H groups in total. The third-order valence-electron chi connectivity index (χ3n) is 3.21. The number of benzene rings is 2. The van der Waals surface area contributed by atoms with E-state index in [4.69, 9.17) is 15.9 Å². The van der Waals surface area contributed by atoms with Gasteiger partial charge in [-0.3, -0.25) is 5.41 Å². The summed E-state index contributed by atoms with van der Waals surface area (Å²) in [5.74, 6) is 0.880. The highest BCUT2D eigenvalue weighted by molar-refractivity contribution is 5.95. The van der Waals surface area contributed by atoms with Gasteiger partial charge in [-0.15, -0.1) is 0 Å². The molecule has 2 aromatic rings. The van der Waals surface area contributed by atoms with E-state index in [-0.39, 0.29) is 5.84 Å². The Morgan fingerprint density at radius 3 is 2.60 bits per heavy atom. The molecule has 2 rings (SSSR count). The van der Waals surface area contributed by atoms with E-state index in [1.165, 1.54) is 5.56 Å². The molecule has 0 atom stereocenters. The number of ether oxygens (including phenoxy) is 1. The third-order valence-corrected chi connectivity index (χ3v) is 3.21. The van der Waals surface area contributed by atoms with Crippen molar-refractivity contribution in [1.29, 1.82) is 5.41 Å². The van der Waals surface area contributed by atoms with Gasteiger partial charge in [0.2, 0.25) is 0 Å². The van der Waals surface area contributed by atoms with Gasteiger partial charge in [0, 0.05) is 5.56 Å². The lowest BCUT2D eigenvalue weighted by Crippen LogP contribution is -2.11. The molecule has 0 saturated carbocycles. The van der Waals surface area contributed by atoms with E-state index >= 15 is 0 Å². The van der Waals surface area contributed by atoms with Crippen molar-refractivity contribution in [3.63, 3.8) is 0 Å². The number of nitrogens with two attached hydrogens (primary N) is 1. The predicted octanol–water partition coefficient (Wildman–Crippen LogP) is 3.29. The molecule has 0 unspecified atom stereocenters. The van der Waals surface area contributed by atoms with Crippen molar-refractivity contribution in [3.05, 3.63) is 65.2 Å². The van der Waals surface area contributed by atoms with Crippen LogP contribution in [0.15, 0.2) is 48.5 Å². The Hall–Kier alpha value is -2.29. The van der Waals surface area contributed by atoms with Crippen molar-refractivity contribution < 1.29 is 4.74 Å². The van der Waals surface area contributed by atoms with E-state index in [1.807, 2.05) is 31.2 Å². The van der Waals surface area contributed by atoms with Gasteiger partial charge < -0.3 is 10.5 Å². The van der Waals surface area contributed by atoms with Crippen LogP contribution in [0.2, 0.25) is 0 Å². The zero-order chi connectivity index (χ0) is 14.4. The molecule has 0 heterocycles. The Balaban J connectivity index is 1.88. The minimum absolute atomic E-state index is 0.0686. The Morgan fingerprint density at radius 1 is 1.15 bits per heavy atom. The number of hydrogen-bond acceptors (Lipinski definition) is 2. The number of nitrogen functional groups attached to an aromatic ring is 1.